The van der Waals surface area contributed by atoms with Gasteiger partial charge in [0, 0.05) is 5.92 Å². The van der Waals surface area contributed by atoms with Crippen LogP contribution >= 0.6 is 0 Å². The van der Waals surface area contributed by atoms with E-state index in [1.807, 2.05) is 27.8 Å². The third kappa shape index (κ3) is 5.82. The minimum atomic E-state index is -1.10. The summed E-state index contributed by atoms with van der Waals surface area (Å²) >= 11 is 0. The molecule has 0 saturated carbocycles. The first kappa shape index (κ1) is 19.4. The third-order valence-corrected chi connectivity index (χ3v) is 4.23. The molecule has 2 amide bonds. The summed E-state index contributed by atoms with van der Waals surface area (Å²) in [6.07, 6.45) is 1.54. The van der Waals surface area contributed by atoms with E-state index < -0.39 is 29.4 Å². The zero-order valence-corrected chi connectivity index (χ0v) is 14.7. The maximum atomic E-state index is 12.5. The van der Waals surface area contributed by atoms with Crippen molar-refractivity contribution in [2.45, 2.75) is 52.6 Å². The Morgan fingerprint density at radius 1 is 1.13 bits per heavy atom. The van der Waals surface area contributed by atoms with E-state index >= 15 is 0 Å². The van der Waals surface area contributed by atoms with E-state index in [0.29, 0.717) is 0 Å². The smallest absolute Gasteiger partial charge is 0.325 e. The number of likely N-dealkylation sites (tertiary alicyclic amines) is 1. The lowest BCUT2D eigenvalue weighted by Crippen LogP contribution is -2.57. The molecule has 7 heteroatoms. The van der Waals surface area contributed by atoms with Crippen LogP contribution in [0.1, 0.15) is 40.5 Å². The van der Waals surface area contributed by atoms with Gasteiger partial charge in [-0.2, -0.15) is 0 Å². The molecule has 0 radical (unpaired) electrons. The van der Waals surface area contributed by atoms with Crippen LogP contribution in [0.15, 0.2) is 0 Å². The van der Waals surface area contributed by atoms with Gasteiger partial charge < -0.3 is 20.6 Å². The number of nitrogens with zero attached hydrogens (tertiary/aromatic N) is 1. The second kappa shape index (κ2) is 7.77. The van der Waals surface area contributed by atoms with Crippen molar-refractivity contribution in [2.75, 3.05) is 20.1 Å². The molecule has 2 atom stereocenters. The van der Waals surface area contributed by atoms with Gasteiger partial charge in [-0.15, -0.1) is 0 Å². The number of rotatable bonds is 5. The van der Waals surface area contributed by atoms with Crippen LogP contribution in [0.5, 0.6) is 0 Å². The summed E-state index contributed by atoms with van der Waals surface area (Å²) in [6.45, 7) is 8.66. The fourth-order valence-electron chi connectivity index (χ4n) is 2.56. The van der Waals surface area contributed by atoms with Crippen molar-refractivity contribution >= 4 is 17.8 Å². The molecule has 0 bridgehead atoms. The van der Waals surface area contributed by atoms with E-state index in [1.165, 1.54) is 6.92 Å². The van der Waals surface area contributed by atoms with Crippen molar-refractivity contribution in [1.29, 1.82) is 0 Å². The maximum absolute atomic E-state index is 12.5. The van der Waals surface area contributed by atoms with E-state index in [-0.39, 0.29) is 11.8 Å². The van der Waals surface area contributed by atoms with Gasteiger partial charge in [-0.3, -0.25) is 14.4 Å². The molecule has 1 rings (SSSR count). The monoisotopic (exact) mass is 327 g/mol. The Balaban J connectivity index is 2.73. The molecule has 0 aromatic heterocycles. The highest BCUT2D eigenvalue weighted by molar-refractivity contribution is 5.91. The van der Waals surface area contributed by atoms with Gasteiger partial charge in [0.15, 0.2) is 0 Å². The molecular formula is C16H29N3O4. The highest BCUT2D eigenvalue weighted by Gasteiger charge is 2.36. The van der Waals surface area contributed by atoms with Crippen molar-refractivity contribution in [3.63, 3.8) is 0 Å². The Morgan fingerprint density at radius 3 is 2.09 bits per heavy atom. The molecule has 1 fully saturated rings. The topological polar surface area (TPSA) is 98.7 Å². The predicted octanol–water partition coefficient (Wildman–Crippen LogP) is 0.448. The first-order chi connectivity index (χ1) is 10.5. The minimum Gasteiger partial charge on any atom is -0.480 e. The maximum Gasteiger partial charge on any atom is 0.325 e. The number of carboxylic acids is 1. The van der Waals surface area contributed by atoms with Gasteiger partial charge in [0.05, 0.1) is 0 Å². The summed E-state index contributed by atoms with van der Waals surface area (Å²) < 4.78 is 0. The molecule has 0 aliphatic carbocycles. The highest BCUT2D eigenvalue weighted by atomic mass is 16.4. The fourth-order valence-corrected chi connectivity index (χ4v) is 2.56. The summed E-state index contributed by atoms with van der Waals surface area (Å²) in [5.41, 5.74) is -0.510. The molecular weight excluding hydrogens is 298 g/mol. The standard InChI is InChI=1S/C16H29N3O4/c1-10(15(22)23)17-14(21)12(16(2,3)4)18-13(20)11-6-8-19(5)9-7-11/h10-12H,6-9H2,1-5H3,(H,17,21)(H,18,20)(H,22,23)/t10-,12+/m0/s1. The van der Waals surface area contributed by atoms with E-state index in [1.54, 1.807) is 0 Å². The number of amides is 2. The van der Waals surface area contributed by atoms with Crippen LogP contribution in [-0.2, 0) is 14.4 Å². The third-order valence-electron chi connectivity index (χ3n) is 4.23. The molecule has 1 aliphatic heterocycles. The second-order valence-electron chi connectivity index (χ2n) is 7.45. The molecule has 1 heterocycles. The summed E-state index contributed by atoms with van der Waals surface area (Å²) in [4.78, 5) is 37.9. The summed E-state index contributed by atoms with van der Waals surface area (Å²) in [6, 6.07) is -1.76. The van der Waals surface area contributed by atoms with Crippen LogP contribution < -0.4 is 10.6 Å². The van der Waals surface area contributed by atoms with Crippen molar-refractivity contribution in [1.82, 2.24) is 15.5 Å². The number of nitrogens with one attached hydrogen (secondary N) is 2. The van der Waals surface area contributed by atoms with Gasteiger partial charge in [0.1, 0.15) is 12.1 Å². The van der Waals surface area contributed by atoms with Crippen molar-refractivity contribution in [3.05, 3.63) is 0 Å². The Morgan fingerprint density at radius 2 is 1.65 bits per heavy atom. The number of hydrogen-bond acceptors (Lipinski definition) is 4. The lowest BCUT2D eigenvalue weighted by Gasteiger charge is -2.34. The predicted molar refractivity (Wildman–Crippen MR) is 86.8 cm³/mol. The summed E-state index contributed by atoms with van der Waals surface area (Å²) in [5, 5.41) is 14.2. The number of hydrogen-bond donors (Lipinski definition) is 3. The molecule has 7 nitrogen and oxygen atoms in total. The highest BCUT2D eigenvalue weighted by Crippen LogP contribution is 2.22. The molecule has 1 saturated heterocycles. The zero-order chi connectivity index (χ0) is 17.8. The van der Waals surface area contributed by atoms with Gasteiger partial charge in [-0.25, -0.2) is 0 Å². The average Bonchev–Trinajstić information content (AvgIpc) is 2.43. The van der Waals surface area contributed by atoms with Crippen molar-refractivity contribution < 1.29 is 19.5 Å². The first-order valence-corrected chi connectivity index (χ1v) is 8.04. The first-order valence-electron chi connectivity index (χ1n) is 8.04. The fraction of sp³-hybridized carbons (Fsp3) is 0.812. The number of piperidine rings is 1. The number of carboxylic acid groups (broad SMARTS) is 1. The van der Waals surface area contributed by atoms with Crippen LogP contribution in [0.4, 0.5) is 0 Å². The van der Waals surface area contributed by atoms with Crippen LogP contribution in [0.2, 0.25) is 0 Å². The van der Waals surface area contributed by atoms with Crippen LogP contribution in [0.3, 0.4) is 0 Å². The normalized spacial score (nSPS) is 19.7. The minimum absolute atomic E-state index is 0.0965. The zero-order valence-electron chi connectivity index (χ0n) is 14.7. The van der Waals surface area contributed by atoms with Crippen LogP contribution in [0, 0.1) is 11.3 Å². The molecule has 0 unspecified atom stereocenters. The quantitative estimate of drug-likeness (QED) is 0.681. The molecule has 1 aliphatic rings. The molecule has 3 N–H and O–H groups in total. The van der Waals surface area contributed by atoms with Crippen LogP contribution in [0.25, 0.3) is 0 Å². The SMILES string of the molecule is C[C@H](NC(=O)[C@@H](NC(=O)C1CCN(C)CC1)C(C)(C)C)C(=O)O. The Hall–Kier alpha value is -1.63. The average molecular weight is 327 g/mol. The molecule has 0 spiro atoms. The number of aliphatic carboxylic acids is 1. The van der Waals surface area contributed by atoms with E-state index in [2.05, 4.69) is 15.5 Å². The van der Waals surface area contributed by atoms with Crippen molar-refractivity contribution in [3.8, 4) is 0 Å². The number of carbonyl (C=O) groups is 3. The van der Waals surface area contributed by atoms with Gasteiger partial charge in [-0.1, -0.05) is 20.8 Å². The molecule has 0 aromatic carbocycles. The summed E-state index contributed by atoms with van der Waals surface area (Å²) in [7, 11) is 2.02. The van der Waals surface area contributed by atoms with E-state index in [0.717, 1.165) is 25.9 Å². The van der Waals surface area contributed by atoms with E-state index in [9.17, 15) is 14.4 Å². The van der Waals surface area contributed by atoms with Crippen LogP contribution in [-0.4, -0.2) is 60.0 Å². The Bertz CT molecular complexity index is 451. The number of carbonyl (C=O) groups excluding carboxylic acids is 2. The van der Waals surface area contributed by atoms with Gasteiger partial charge in [0.2, 0.25) is 11.8 Å². The summed E-state index contributed by atoms with van der Waals surface area (Å²) in [5.74, 6) is -1.79. The van der Waals surface area contributed by atoms with E-state index in [4.69, 9.17) is 5.11 Å². The second-order valence-corrected chi connectivity index (χ2v) is 7.45. The molecule has 132 valence electrons. The lowest BCUT2D eigenvalue weighted by molar-refractivity contribution is -0.142. The largest absolute Gasteiger partial charge is 0.480 e. The van der Waals surface area contributed by atoms with Gasteiger partial charge in [0.25, 0.3) is 0 Å². The molecule has 0 aromatic rings. The Labute approximate surface area is 137 Å². The Kier molecular flexibility index (Phi) is 6.56. The molecule has 23 heavy (non-hydrogen) atoms. The van der Waals surface area contributed by atoms with Crippen molar-refractivity contribution in [2.24, 2.45) is 11.3 Å². The van der Waals surface area contributed by atoms with Gasteiger partial charge in [-0.05, 0) is 45.3 Å². The lowest BCUT2D eigenvalue weighted by atomic mass is 9.85. The van der Waals surface area contributed by atoms with Gasteiger partial charge >= 0.3 is 5.97 Å².